The first-order chi connectivity index (χ1) is 10.9. The third-order valence-electron chi connectivity index (χ3n) is 4.65. The lowest BCUT2D eigenvalue weighted by Crippen LogP contribution is -2.46. The second kappa shape index (κ2) is 7.10. The Labute approximate surface area is 136 Å². The second-order valence-electron chi connectivity index (χ2n) is 6.01. The lowest BCUT2D eigenvalue weighted by atomic mass is 9.79. The smallest absolute Gasteiger partial charge is 0.338 e. The third kappa shape index (κ3) is 3.54. The lowest BCUT2D eigenvalue weighted by Gasteiger charge is -2.34. The highest BCUT2D eigenvalue weighted by Crippen LogP contribution is 2.31. The minimum Gasteiger partial charge on any atom is -0.465 e. The predicted octanol–water partition coefficient (Wildman–Crippen LogP) is 1.78. The van der Waals surface area contributed by atoms with E-state index in [-0.39, 0.29) is 12.5 Å². The third-order valence-corrected chi connectivity index (χ3v) is 4.65. The maximum absolute atomic E-state index is 12.7. The molecule has 1 aliphatic rings. The molecule has 1 heterocycles. The molecule has 1 saturated heterocycles. The molecule has 1 fully saturated rings. The van der Waals surface area contributed by atoms with Crippen LogP contribution in [-0.2, 0) is 14.3 Å². The van der Waals surface area contributed by atoms with Crippen LogP contribution >= 0.6 is 0 Å². The molecule has 3 N–H and O–H groups in total. The first-order valence-electron chi connectivity index (χ1n) is 7.72. The highest BCUT2D eigenvalue weighted by Gasteiger charge is 2.38. The van der Waals surface area contributed by atoms with Crippen LogP contribution in [0.1, 0.15) is 34.3 Å². The zero-order valence-corrected chi connectivity index (χ0v) is 13.9. The monoisotopic (exact) mass is 320 g/mol. The van der Waals surface area contributed by atoms with Crippen molar-refractivity contribution in [3.8, 4) is 0 Å². The number of methoxy groups -OCH3 is 1. The lowest BCUT2D eigenvalue weighted by molar-refractivity contribution is -0.130. The van der Waals surface area contributed by atoms with E-state index in [4.69, 9.17) is 15.2 Å². The molecule has 0 saturated carbocycles. The number of amides is 1. The number of hydrogen-bond acceptors (Lipinski definition) is 5. The van der Waals surface area contributed by atoms with Crippen LogP contribution in [-0.4, -0.2) is 38.7 Å². The van der Waals surface area contributed by atoms with Crippen molar-refractivity contribution in [2.45, 2.75) is 26.7 Å². The Morgan fingerprint density at radius 2 is 1.96 bits per heavy atom. The maximum Gasteiger partial charge on any atom is 0.338 e. The number of anilines is 1. The number of carbonyl (C=O) groups is 2. The van der Waals surface area contributed by atoms with Gasteiger partial charge in [0, 0.05) is 25.4 Å². The van der Waals surface area contributed by atoms with Crippen molar-refractivity contribution in [1.29, 1.82) is 0 Å². The molecule has 1 aliphatic heterocycles. The van der Waals surface area contributed by atoms with E-state index in [0.717, 1.165) is 11.1 Å². The topological polar surface area (TPSA) is 90.7 Å². The Balaban J connectivity index is 2.27. The molecule has 2 rings (SSSR count). The minimum absolute atomic E-state index is 0.123. The molecule has 0 aromatic heterocycles. The van der Waals surface area contributed by atoms with Crippen molar-refractivity contribution < 1.29 is 19.1 Å². The predicted molar refractivity (Wildman–Crippen MR) is 87.4 cm³/mol. The van der Waals surface area contributed by atoms with Crippen LogP contribution in [0.5, 0.6) is 0 Å². The number of benzene rings is 1. The van der Waals surface area contributed by atoms with Gasteiger partial charge in [0.25, 0.3) is 0 Å². The summed E-state index contributed by atoms with van der Waals surface area (Å²) in [5, 5.41) is 2.91. The number of hydrogen-bond donors (Lipinski definition) is 2. The molecule has 126 valence electrons. The van der Waals surface area contributed by atoms with Crippen molar-refractivity contribution in [3.63, 3.8) is 0 Å². The molecule has 0 spiro atoms. The van der Waals surface area contributed by atoms with Crippen molar-refractivity contribution in [2.24, 2.45) is 11.1 Å². The summed E-state index contributed by atoms with van der Waals surface area (Å²) in [6, 6.07) is 3.50. The van der Waals surface area contributed by atoms with Crippen LogP contribution in [0.4, 0.5) is 5.69 Å². The summed E-state index contributed by atoms with van der Waals surface area (Å²) in [7, 11) is 1.34. The van der Waals surface area contributed by atoms with Gasteiger partial charge in [-0.05, 0) is 49.9 Å². The van der Waals surface area contributed by atoms with Crippen LogP contribution in [0, 0.1) is 19.3 Å². The Morgan fingerprint density at radius 3 is 2.52 bits per heavy atom. The second-order valence-corrected chi connectivity index (χ2v) is 6.01. The molecular formula is C17H24N2O4. The number of ether oxygens (including phenoxy) is 2. The molecule has 1 amide bonds. The highest BCUT2D eigenvalue weighted by atomic mass is 16.5. The maximum atomic E-state index is 12.7. The zero-order chi connectivity index (χ0) is 17.0. The van der Waals surface area contributed by atoms with Gasteiger partial charge < -0.3 is 20.5 Å². The number of esters is 1. The average Bonchev–Trinajstić information content (AvgIpc) is 2.57. The fraction of sp³-hybridized carbons (Fsp3) is 0.529. The fourth-order valence-electron chi connectivity index (χ4n) is 2.80. The summed E-state index contributed by atoms with van der Waals surface area (Å²) in [4.78, 5) is 24.6. The van der Waals surface area contributed by atoms with Crippen molar-refractivity contribution in [3.05, 3.63) is 28.8 Å². The highest BCUT2D eigenvalue weighted by molar-refractivity contribution is 5.98. The Kier molecular flexibility index (Phi) is 5.38. The standard InChI is InChI=1S/C17H24N2O4/c1-11-8-13(9-14(12(11)2)15(20)22-3)19-16(21)17(10-18)4-6-23-7-5-17/h8-9H,4-7,10,18H2,1-3H3,(H,19,21). The van der Waals surface area contributed by atoms with Crippen LogP contribution in [0.25, 0.3) is 0 Å². The molecule has 6 nitrogen and oxygen atoms in total. The van der Waals surface area contributed by atoms with Crippen LogP contribution in [0.3, 0.4) is 0 Å². The SMILES string of the molecule is COC(=O)c1cc(NC(=O)C2(CN)CCOCC2)cc(C)c1C. The molecule has 6 heteroatoms. The number of nitrogens with one attached hydrogen (secondary N) is 1. The number of carbonyl (C=O) groups excluding carboxylic acids is 2. The van der Waals surface area contributed by atoms with E-state index in [9.17, 15) is 9.59 Å². The Hall–Kier alpha value is -1.92. The van der Waals surface area contributed by atoms with Gasteiger partial charge in [0.2, 0.25) is 5.91 Å². The van der Waals surface area contributed by atoms with E-state index in [1.807, 2.05) is 19.9 Å². The van der Waals surface area contributed by atoms with E-state index in [0.29, 0.717) is 37.3 Å². The Morgan fingerprint density at radius 1 is 1.30 bits per heavy atom. The number of nitrogens with two attached hydrogens (primary N) is 1. The van der Waals surface area contributed by atoms with Gasteiger partial charge in [0.1, 0.15) is 0 Å². The number of aryl methyl sites for hydroxylation is 1. The molecule has 1 aromatic rings. The Bertz CT molecular complexity index is 607. The molecular weight excluding hydrogens is 296 g/mol. The summed E-state index contributed by atoms with van der Waals surface area (Å²) in [5.74, 6) is -0.538. The van der Waals surface area contributed by atoms with Crippen molar-refractivity contribution >= 4 is 17.6 Å². The summed E-state index contributed by atoms with van der Waals surface area (Å²) in [6.45, 7) is 5.09. The molecule has 0 unspecified atom stereocenters. The molecule has 0 radical (unpaired) electrons. The minimum atomic E-state index is -0.609. The summed E-state index contributed by atoms with van der Waals surface area (Å²) >= 11 is 0. The molecule has 1 aromatic carbocycles. The first-order valence-corrected chi connectivity index (χ1v) is 7.72. The van der Waals surface area contributed by atoms with Crippen molar-refractivity contribution in [1.82, 2.24) is 0 Å². The van der Waals surface area contributed by atoms with Gasteiger partial charge in [-0.25, -0.2) is 4.79 Å². The van der Waals surface area contributed by atoms with E-state index in [1.165, 1.54) is 7.11 Å². The van der Waals surface area contributed by atoms with Gasteiger partial charge in [-0.3, -0.25) is 4.79 Å². The molecule has 23 heavy (non-hydrogen) atoms. The molecule has 0 bridgehead atoms. The van der Waals surface area contributed by atoms with Gasteiger partial charge in [0.15, 0.2) is 0 Å². The fourth-order valence-corrected chi connectivity index (χ4v) is 2.80. The normalized spacial score (nSPS) is 16.7. The quantitative estimate of drug-likeness (QED) is 0.825. The summed E-state index contributed by atoms with van der Waals surface area (Å²) in [5.41, 5.74) is 8.04. The van der Waals surface area contributed by atoms with Gasteiger partial charge in [-0.1, -0.05) is 0 Å². The summed E-state index contributed by atoms with van der Waals surface area (Å²) < 4.78 is 10.1. The van der Waals surface area contributed by atoms with Gasteiger partial charge >= 0.3 is 5.97 Å². The summed E-state index contributed by atoms with van der Waals surface area (Å²) in [6.07, 6.45) is 1.20. The van der Waals surface area contributed by atoms with Crippen LogP contribution < -0.4 is 11.1 Å². The van der Waals surface area contributed by atoms with E-state index >= 15 is 0 Å². The van der Waals surface area contributed by atoms with Crippen molar-refractivity contribution in [2.75, 3.05) is 32.2 Å². The first kappa shape index (κ1) is 17.4. The van der Waals surface area contributed by atoms with Gasteiger partial charge in [-0.2, -0.15) is 0 Å². The molecule has 0 aliphatic carbocycles. The van der Waals surface area contributed by atoms with E-state index < -0.39 is 11.4 Å². The molecule has 0 atom stereocenters. The van der Waals surface area contributed by atoms with Crippen LogP contribution in [0.2, 0.25) is 0 Å². The van der Waals surface area contributed by atoms with E-state index in [1.54, 1.807) is 6.07 Å². The van der Waals surface area contributed by atoms with E-state index in [2.05, 4.69) is 5.32 Å². The van der Waals surface area contributed by atoms with Gasteiger partial charge in [-0.15, -0.1) is 0 Å². The van der Waals surface area contributed by atoms with Crippen LogP contribution in [0.15, 0.2) is 12.1 Å². The van der Waals surface area contributed by atoms with Gasteiger partial charge in [0.05, 0.1) is 18.1 Å². The zero-order valence-electron chi connectivity index (χ0n) is 13.9. The average molecular weight is 320 g/mol. The number of rotatable bonds is 4. The largest absolute Gasteiger partial charge is 0.465 e.